The van der Waals surface area contributed by atoms with Gasteiger partial charge in [0.05, 0.1) is 18.7 Å². The SMILES string of the molecule is C#CCNCC(=O)Nc1ccc(F)c(C(=O)O)c1. The smallest absolute Gasteiger partial charge is 0.338 e. The fourth-order valence-corrected chi connectivity index (χ4v) is 1.22. The number of rotatable bonds is 5. The number of carboxylic acids is 1. The van der Waals surface area contributed by atoms with Crippen molar-refractivity contribution in [2.24, 2.45) is 0 Å². The first-order chi connectivity index (χ1) is 8.54. The van der Waals surface area contributed by atoms with Crippen LogP contribution >= 0.6 is 0 Å². The highest BCUT2D eigenvalue weighted by Crippen LogP contribution is 2.14. The molecule has 1 aromatic carbocycles. The third-order valence-electron chi connectivity index (χ3n) is 1.99. The Hall–Kier alpha value is -2.39. The molecule has 0 saturated carbocycles. The summed E-state index contributed by atoms with van der Waals surface area (Å²) >= 11 is 0. The number of amides is 1. The van der Waals surface area contributed by atoms with Crippen molar-refractivity contribution in [3.63, 3.8) is 0 Å². The molecule has 0 atom stereocenters. The molecular formula is C12H11FN2O3. The second-order valence-corrected chi connectivity index (χ2v) is 3.36. The van der Waals surface area contributed by atoms with Gasteiger partial charge in [0, 0.05) is 5.69 Å². The zero-order chi connectivity index (χ0) is 13.5. The molecule has 0 saturated heterocycles. The topological polar surface area (TPSA) is 78.4 Å². The molecule has 0 aliphatic heterocycles. The van der Waals surface area contributed by atoms with Crippen LogP contribution in [0.4, 0.5) is 10.1 Å². The Morgan fingerprint density at radius 1 is 1.44 bits per heavy atom. The quantitative estimate of drug-likeness (QED) is 0.530. The molecule has 1 amide bonds. The summed E-state index contributed by atoms with van der Waals surface area (Å²) in [6.07, 6.45) is 4.99. The number of benzene rings is 1. The van der Waals surface area contributed by atoms with Gasteiger partial charge in [-0.3, -0.25) is 10.1 Å². The summed E-state index contributed by atoms with van der Waals surface area (Å²) in [5.74, 6) is -0.345. The van der Waals surface area contributed by atoms with Crippen molar-refractivity contribution in [3.8, 4) is 12.3 Å². The van der Waals surface area contributed by atoms with E-state index in [1.165, 1.54) is 6.07 Å². The lowest BCUT2D eigenvalue weighted by Gasteiger charge is -2.06. The minimum Gasteiger partial charge on any atom is -0.478 e. The number of hydrogen-bond acceptors (Lipinski definition) is 3. The second kappa shape index (κ2) is 6.37. The largest absolute Gasteiger partial charge is 0.478 e. The van der Waals surface area contributed by atoms with Crippen molar-refractivity contribution in [2.75, 3.05) is 18.4 Å². The average molecular weight is 250 g/mol. The van der Waals surface area contributed by atoms with Gasteiger partial charge in [-0.25, -0.2) is 9.18 Å². The van der Waals surface area contributed by atoms with Crippen LogP contribution in [-0.4, -0.2) is 30.1 Å². The number of halogens is 1. The van der Waals surface area contributed by atoms with Crippen LogP contribution in [0.25, 0.3) is 0 Å². The predicted octanol–water partition coefficient (Wildman–Crippen LogP) is 0.685. The Morgan fingerprint density at radius 3 is 2.78 bits per heavy atom. The summed E-state index contributed by atoms with van der Waals surface area (Å²) in [6, 6.07) is 3.31. The maximum atomic E-state index is 13.1. The lowest BCUT2D eigenvalue weighted by atomic mass is 10.2. The highest BCUT2D eigenvalue weighted by Gasteiger charge is 2.11. The van der Waals surface area contributed by atoms with Crippen LogP contribution < -0.4 is 10.6 Å². The van der Waals surface area contributed by atoms with Crippen LogP contribution in [0.2, 0.25) is 0 Å². The van der Waals surface area contributed by atoms with Gasteiger partial charge in [-0.05, 0) is 18.2 Å². The molecule has 18 heavy (non-hydrogen) atoms. The van der Waals surface area contributed by atoms with E-state index in [4.69, 9.17) is 11.5 Å². The molecule has 1 aromatic rings. The Bertz CT molecular complexity index is 509. The van der Waals surface area contributed by atoms with E-state index >= 15 is 0 Å². The number of carbonyl (C=O) groups excluding carboxylic acids is 1. The van der Waals surface area contributed by atoms with Crippen LogP contribution in [0.5, 0.6) is 0 Å². The van der Waals surface area contributed by atoms with Gasteiger partial charge >= 0.3 is 5.97 Å². The molecule has 0 heterocycles. The van der Waals surface area contributed by atoms with E-state index in [0.29, 0.717) is 0 Å². The van der Waals surface area contributed by atoms with Crippen molar-refractivity contribution in [3.05, 3.63) is 29.6 Å². The zero-order valence-corrected chi connectivity index (χ0v) is 9.37. The minimum atomic E-state index is -1.39. The van der Waals surface area contributed by atoms with E-state index in [1.54, 1.807) is 0 Å². The Balaban J connectivity index is 2.68. The summed E-state index contributed by atoms with van der Waals surface area (Å²) in [5.41, 5.74) is -0.286. The van der Waals surface area contributed by atoms with Crippen molar-refractivity contribution < 1.29 is 19.1 Å². The first-order valence-corrected chi connectivity index (χ1v) is 5.01. The Labute approximate surface area is 103 Å². The second-order valence-electron chi connectivity index (χ2n) is 3.36. The molecule has 0 bridgehead atoms. The van der Waals surface area contributed by atoms with Gasteiger partial charge in [0.15, 0.2) is 0 Å². The number of terminal acetylenes is 1. The monoisotopic (exact) mass is 250 g/mol. The maximum Gasteiger partial charge on any atom is 0.338 e. The van der Waals surface area contributed by atoms with Crippen molar-refractivity contribution in [2.45, 2.75) is 0 Å². The highest BCUT2D eigenvalue weighted by atomic mass is 19.1. The molecule has 5 nitrogen and oxygen atoms in total. The molecule has 3 N–H and O–H groups in total. The summed E-state index contributed by atoms with van der Waals surface area (Å²) in [4.78, 5) is 22.1. The van der Waals surface area contributed by atoms with E-state index < -0.39 is 23.3 Å². The van der Waals surface area contributed by atoms with Crippen molar-refractivity contribution in [1.82, 2.24) is 5.32 Å². The molecule has 0 aliphatic rings. The molecule has 0 aromatic heterocycles. The minimum absolute atomic E-state index is 0.00994. The third-order valence-corrected chi connectivity index (χ3v) is 1.99. The molecular weight excluding hydrogens is 239 g/mol. The van der Waals surface area contributed by atoms with Crippen LogP contribution in [0, 0.1) is 18.2 Å². The molecule has 0 radical (unpaired) electrons. The molecule has 0 spiro atoms. The molecule has 6 heteroatoms. The lowest BCUT2D eigenvalue weighted by molar-refractivity contribution is -0.115. The molecule has 0 fully saturated rings. The molecule has 0 aliphatic carbocycles. The van der Waals surface area contributed by atoms with E-state index in [-0.39, 0.29) is 18.8 Å². The lowest BCUT2D eigenvalue weighted by Crippen LogP contribution is -2.28. The van der Waals surface area contributed by atoms with Gasteiger partial charge in [-0.2, -0.15) is 0 Å². The van der Waals surface area contributed by atoms with Crippen LogP contribution in [0.1, 0.15) is 10.4 Å². The first kappa shape index (κ1) is 13.7. The van der Waals surface area contributed by atoms with Gasteiger partial charge in [-0.15, -0.1) is 6.42 Å². The molecule has 94 valence electrons. The van der Waals surface area contributed by atoms with Gasteiger partial charge in [0.1, 0.15) is 5.82 Å². The number of nitrogens with one attached hydrogen (secondary N) is 2. The van der Waals surface area contributed by atoms with Crippen molar-refractivity contribution in [1.29, 1.82) is 0 Å². The van der Waals surface area contributed by atoms with Crippen molar-refractivity contribution >= 4 is 17.6 Å². The number of hydrogen-bond donors (Lipinski definition) is 3. The van der Waals surface area contributed by atoms with Crippen LogP contribution in [0.3, 0.4) is 0 Å². The summed E-state index contributed by atoms with van der Waals surface area (Å²) in [7, 11) is 0. The van der Waals surface area contributed by atoms with Gasteiger partial charge < -0.3 is 10.4 Å². The summed E-state index contributed by atoms with van der Waals surface area (Å²) in [6.45, 7) is 0.237. The standard InChI is InChI=1S/C12H11FN2O3/c1-2-5-14-7-11(16)15-8-3-4-10(13)9(6-8)12(17)18/h1,3-4,6,14H,5,7H2,(H,15,16)(H,17,18). The van der Waals surface area contributed by atoms with Crippen LogP contribution in [-0.2, 0) is 4.79 Å². The Morgan fingerprint density at radius 2 is 2.17 bits per heavy atom. The van der Waals surface area contributed by atoms with E-state index in [0.717, 1.165) is 12.1 Å². The predicted molar refractivity (Wildman–Crippen MR) is 63.7 cm³/mol. The summed E-state index contributed by atoms with van der Waals surface area (Å²) in [5, 5.41) is 13.8. The number of carbonyl (C=O) groups is 2. The average Bonchev–Trinajstić information content (AvgIpc) is 2.31. The highest BCUT2D eigenvalue weighted by molar-refractivity contribution is 5.94. The normalized spacial score (nSPS) is 9.56. The van der Waals surface area contributed by atoms with Gasteiger partial charge in [0.2, 0.25) is 5.91 Å². The van der Waals surface area contributed by atoms with E-state index in [9.17, 15) is 14.0 Å². The Kier molecular flexibility index (Phi) is 4.84. The van der Waals surface area contributed by atoms with Gasteiger partial charge in [-0.1, -0.05) is 5.92 Å². The molecule has 0 unspecified atom stereocenters. The van der Waals surface area contributed by atoms with E-state index in [2.05, 4.69) is 16.6 Å². The summed E-state index contributed by atoms with van der Waals surface area (Å²) < 4.78 is 13.1. The molecule has 1 rings (SSSR count). The third kappa shape index (κ3) is 3.88. The number of anilines is 1. The number of carboxylic acid groups (broad SMARTS) is 1. The first-order valence-electron chi connectivity index (χ1n) is 5.01. The van der Waals surface area contributed by atoms with Crippen LogP contribution in [0.15, 0.2) is 18.2 Å². The van der Waals surface area contributed by atoms with Gasteiger partial charge in [0.25, 0.3) is 0 Å². The van der Waals surface area contributed by atoms with E-state index in [1.807, 2.05) is 0 Å². The fraction of sp³-hybridized carbons (Fsp3) is 0.167. The maximum absolute atomic E-state index is 13.1. The fourth-order valence-electron chi connectivity index (χ4n) is 1.22. The number of aromatic carboxylic acids is 1. The zero-order valence-electron chi connectivity index (χ0n) is 9.37.